The molecule has 134 valence electrons. The second kappa shape index (κ2) is 6.62. The van der Waals surface area contributed by atoms with Gasteiger partial charge in [0, 0.05) is 20.0 Å². The molecule has 1 atom stereocenters. The Labute approximate surface area is 147 Å². The first kappa shape index (κ1) is 17.7. The number of rotatable bonds is 4. The van der Waals surface area contributed by atoms with E-state index in [0.717, 1.165) is 42.0 Å². The summed E-state index contributed by atoms with van der Waals surface area (Å²) in [5, 5.41) is 8.98. The SMILES string of the molecule is C[C@H](Sc1nc(C2CCCC2)nc2c1c(=O)n(C)c(=O)n2C)C(=O)O. The van der Waals surface area contributed by atoms with Crippen molar-refractivity contribution in [3.63, 3.8) is 0 Å². The quantitative estimate of drug-likeness (QED) is 0.642. The summed E-state index contributed by atoms with van der Waals surface area (Å²) < 4.78 is 2.32. The smallest absolute Gasteiger partial charge is 0.332 e. The van der Waals surface area contributed by atoms with Gasteiger partial charge in [-0.1, -0.05) is 24.6 Å². The van der Waals surface area contributed by atoms with E-state index in [9.17, 15) is 19.5 Å². The fraction of sp³-hybridized carbons (Fsp3) is 0.562. The monoisotopic (exact) mass is 364 g/mol. The average molecular weight is 364 g/mol. The van der Waals surface area contributed by atoms with Crippen LogP contribution in [0.15, 0.2) is 14.6 Å². The topological polar surface area (TPSA) is 107 Å². The summed E-state index contributed by atoms with van der Waals surface area (Å²) in [5.74, 6) is -0.211. The largest absolute Gasteiger partial charge is 0.480 e. The Hall–Kier alpha value is -2.16. The highest BCUT2D eigenvalue weighted by molar-refractivity contribution is 8.00. The Kier molecular flexibility index (Phi) is 4.68. The molecule has 0 spiro atoms. The molecule has 25 heavy (non-hydrogen) atoms. The first-order valence-electron chi connectivity index (χ1n) is 8.18. The highest BCUT2D eigenvalue weighted by Crippen LogP contribution is 2.34. The summed E-state index contributed by atoms with van der Waals surface area (Å²) in [4.78, 5) is 45.2. The highest BCUT2D eigenvalue weighted by Gasteiger charge is 2.25. The van der Waals surface area contributed by atoms with Gasteiger partial charge in [-0.15, -0.1) is 0 Å². The molecule has 3 rings (SSSR count). The number of aryl methyl sites for hydroxylation is 1. The molecule has 0 amide bonds. The highest BCUT2D eigenvalue weighted by atomic mass is 32.2. The van der Waals surface area contributed by atoms with Gasteiger partial charge in [0.1, 0.15) is 21.5 Å². The average Bonchev–Trinajstić information content (AvgIpc) is 3.11. The first-order chi connectivity index (χ1) is 11.8. The Morgan fingerprint density at radius 1 is 1.20 bits per heavy atom. The standard InChI is InChI=1S/C16H20N4O4S/c1-8(15(22)23)25-13-10-12(19(2)16(24)20(3)14(10)21)17-11(18-13)9-6-4-5-7-9/h8-9H,4-7H2,1-3H3,(H,22,23)/t8-/m0/s1. The lowest BCUT2D eigenvalue weighted by atomic mass is 10.1. The molecule has 1 aliphatic carbocycles. The Bertz CT molecular complexity index is 959. The van der Waals surface area contributed by atoms with E-state index in [0.29, 0.717) is 10.9 Å². The van der Waals surface area contributed by atoms with Crippen LogP contribution in [0.1, 0.15) is 44.3 Å². The summed E-state index contributed by atoms with van der Waals surface area (Å²) in [6.45, 7) is 1.54. The van der Waals surface area contributed by atoms with Crippen LogP contribution in [0, 0.1) is 0 Å². The van der Waals surface area contributed by atoms with E-state index in [1.165, 1.54) is 11.6 Å². The third-order valence-corrected chi connectivity index (χ3v) is 5.71. The predicted octanol–water partition coefficient (Wildman–Crippen LogP) is 1.25. The summed E-state index contributed by atoms with van der Waals surface area (Å²) in [6, 6.07) is 0. The summed E-state index contributed by atoms with van der Waals surface area (Å²) in [5.41, 5.74) is -0.697. The molecule has 1 fully saturated rings. The van der Waals surface area contributed by atoms with E-state index in [4.69, 9.17) is 0 Å². The summed E-state index contributed by atoms with van der Waals surface area (Å²) in [6.07, 6.45) is 4.11. The number of nitrogens with zero attached hydrogens (tertiary/aromatic N) is 4. The van der Waals surface area contributed by atoms with Crippen LogP contribution >= 0.6 is 11.8 Å². The minimum Gasteiger partial charge on any atom is -0.480 e. The van der Waals surface area contributed by atoms with Crippen LogP contribution in [0.4, 0.5) is 0 Å². The molecule has 2 heterocycles. The van der Waals surface area contributed by atoms with Crippen LogP contribution in [0.5, 0.6) is 0 Å². The third-order valence-electron chi connectivity index (χ3n) is 4.64. The molecule has 0 aliphatic heterocycles. The van der Waals surface area contributed by atoms with Gasteiger partial charge in [0.05, 0.1) is 0 Å². The fourth-order valence-electron chi connectivity index (χ4n) is 3.11. The van der Waals surface area contributed by atoms with Crippen molar-refractivity contribution < 1.29 is 9.90 Å². The van der Waals surface area contributed by atoms with Gasteiger partial charge < -0.3 is 5.11 Å². The van der Waals surface area contributed by atoms with Crippen LogP contribution in [0.25, 0.3) is 11.0 Å². The van der Waals surface area contributed by atoms with Gasteiger partial charge in [-0.2, -0.15) is 0 Å². The van der Waals surface area contributed by atoms with Crippen LogP contribution < -0.4 is 11.2 Å². The van der Waals surface area contributed by atoms with Crippen molar-refractivity contribution in [1.29, 1.82) is 0 Å². The van der Waals surface area contributed by atoms with Crippen LogP contribution in [0.2, 0.25) is 0 Å². The van der Waals surface area contributed by atoms with Gasteiger partial charge in [0.25, 0.3) is 5.56 Å². The summed E-state index contributed by atoms with van der Waals surface area (Å²) >= 11 is 1.01. The van der Waals surface area contributed by atoms with E-state index in [-0.39, 0.29) is 17.0 Å². The lowest BCUT2D eigenvalue weighted by Crippen LogP contribution is -2.38. The molecule has 0 aromatic carbocycles. The van der Waals surface area contributed by atoms with E-state index in [1.54, 1.807) is 14.0 Å². The lowest BCUT2D eigenvalue weighted by Gasteiger charge is -2.15. The number of aliphatic carboxylic acids is 1. The molecule has 2 aromatic heterocycles. The molecule has 1 aliphatic rings. The van der Waals surface area contributed by atoms with Crippen molar-refractivity contribution in [3.05, 3.63) is 26.7 Å². The molecule has 0 bridgehead atoms. The van der Waals surface area contributed by atoms with Crippen molar-refractivity contribution in [2.45, 2.75) is 48.8 Å². The molecular weight excluding hydrogens is 344 g/mol. The predicted molar refractivity (Wildman–Crippen MR) is 94.2 cm³/mol. The number of hydrogen-bond donors (Lipinski definition) is 1. The Balaban J connectivity index is 2.31. The normalized spacial score (nSPS) is 16.4. The van der Waals surface area contributed by atoms with Crippen LogP contribution in [-0.2, 0) is 18.9 Å². The number of carbonyl (C=O) groups is 1. The molecule has 1 saturated carbocycles. The van der Waals surface area contributed by atoms with Gasteiger partial charge in [0.2, 0.25) is 0 Å². The van der Waals surface area contributed by atoms with E-state index >= 15 is 0 Å². The zero-order chi connectivity index (χ0) is 18.3. The van der Waals surface area contributed by atoms with Gasteiger partial charge in [-0.3, -0.25) is 18.7 Å². The van der Waals surface area contributed by atoms with E-state index in [1.807, 2.05) is 0 Å². The summed E-state index contributed by atoms with van der Waals surface area (Å²) in [7, 11) is 2.95. The number of hydrogen-bond acceptors (Lipinski definition) is 6. The number of carboxylic acid groups (broad SMARTS) is 1. The Morgan fingerprint density at radius 2 is 1.84 bits per heavy atom. The van der Waals surface area contributed by atoms with Crippen molar-refractivity contribution in [3.8, 4) is 0 Å². The van der Waals surface area contributed by atoms with Crippen molar-refractivity contribution in [1.82, 2.24) is 19.1 Å². The zero-order valence-electron chi connectivity index (χ0n) is 14.4. The fourth-order valence-corrected chi connectivity index (χ4v) is 3.99. The molecule has 9 heteroatoms. The van der Waals surface area contributed by atoms with Crippen LogP contribution in [0.3, 0.4) is 0 Å². The minimum absolute atomic E-state index is 0.183. The Morgan fingerprint density at radius 3 is 2.44 bits per heavy atom. The molecule has 8 nitrogen and oxygen atoms in total. The number of thioether (sulfide) groups is 1. The second-order valence-electron chi connectivity index (χ2n) is 6.37. The zero-order valence-corrected chi connectivity index (χ0v) is 15.2. The first-order valence-corrected chi connectivity index (χ1v) is 9.06. The minimum atomic E-state index is -0.985. The second-order valence-corrected chi connectivity index (χ2v) is 7.70. The molecular formula is C16H20N4O4S. The maximum atomic E-state index is 12.6. The van der Waals surface area contributed by atoms with Crippen LogP contribution in [-0.4, -0.2) is 35.4 Å². The van der Waals surface area contributed by atoms with E-state index in [2.05, 4.69) is 9.97 Å². The molecule has 1 N–H and O–H groups in total. The van der Waals surface area contributed by atoms with Gasteiger partial charge in [-0.05, 0) is 19.8 Å². The van der Waals surface area contributed by atoms with Gasteiger partial charge in [0.15, 0.2) is 5.65 Å². The molecule has 0 radical (unpaired) electrons. The van der Waals surface area contributed by atoms with Gasteiger partial charge in [-0.25, -0.2) is 14.8 Å². The van der Waals surface area contributed by atoms with Crippen molar-refractivity contribution >= 4 is 28.8 Å². The van der Waals surface area contributed by atoms with E-state index < -0.39 is 22.5 Å². The molecule has 2 aromatic rings. The maximum absolute atomic E-state index is 12.6. The molecule has 0 unspecified atom stereocenters. The van der Waals surface area contributed by atoms with Gasteiger partial charge >= 0.3 is 11.7 Å². The lowest BCUT2D eigenvalue weighted by molar-refractivity contribution is -0.136. The number of aromatic nitrogens is 4. The van der Waals surface area contributed by atoms with Crippen molar-refractivity contribution in [2.75, 3.05) is 0 Å². The maximum Gasteiger partial charge on any atom is 0.332 e. The number of carboxylic acids is 1. The third kappa shape index (κ3) is 3.08. The number of fused-ring (bicyclic) bond motifs is 1. The molecule has 0 saturated heterocycles. The van der Waals surface area contributed by atoms with Crippen molar-refractivity contribution in [2.24, 2.45) is 14.1 Å².